The third-order valence-corrected chi connectivity index (χ3v) is 3.03. The Bertz CT molecular complexity index is 717. The molecule has 2 rings (SSSR count). The number of rotatable bonds is 3. The first-order valence-corrected chi connectivity index (χ1v) is 7.19. The van der Waals surface area contributed by atoms with Crippen molar-refractivity contribution in [1.29, 1.82) is 0 Å². The molecule has 0 unspecified atom stereocenters. The zero-order valence-corrected chi connectivity index (χ0v) is 12.9. The molecule has 2 N–H and O–H groups in total. The van der Waals surface area contributed by atoms with Crippen LogP contribution >= 0.6 is 0 Å². The smallest absolute Gasteiger partial charge is 0.433 e. The number of nitrogens with one attached hydrogen (secondary N) is 1. The first kappa shape index (κ1) is 16.4. The second kappa shape index (κ2) is 7.35. The average Bonchev–Trinajstić information content (AvgIpc) is 2.53. The predicted molar refractivity (Wildman–Crippen MR) is 85.3 cm³/mol. The molecule has 0 fully saturated rings. The van der Waals surface area contributed by atoms with Gasteiger partial charge in [-0.05, 0) is 25.3 Å². The maximum Gasteiger partial charge on any atom is 0.433 e. The number of phenols is 1. The molecule has 2 aromatic rings. The van der Waals surface area contributed by atoms with Crippen molar-refractivity contribution in [2.45, 2.75) is 13.8 Å². The van der Waals surface area contributed by atoms with Crippen LogP contribution in [0.4, 0.5) is 15.3 Å². The van der Waals surface area contributed by atoms with E-state index in [0.717, 1.165) is 10.4 Å². The van der Waals surface area contributed by atoms with E-state index in [1.54, 1.807) is 32.0 Å². The quantitative estimate of drug-likeness (QED) is 0.849. The minimum Gasteiger partial charge on any atom is -0.506 e. The van der Waals surface area contributed by atoms with Crippen LogP contribution < -0.4 is 10.4 Å². The lowest BCUT2D eigenvalue weighted by Crippen LogP contribution is -2.47. The molecule has 0 saturated carbocycles. The van der Waals surface area contributed by atoms with Crippen LogP contribution in [0.15, 0.2) is 36.4 Å². The maximum atomic E-state index is 12.2. The fourth-order valence-corrected chi connectivity index (χ4v) is 2.11. The number of amides is 2. The van der Waals surface area contributed by atoms with Gasteiger partial charge in [0.1, 0.15) is 11.4 Å². The summed E-state index contributed by atoms with van der Waals surface area (Å²) in [5, 5.41) is 12.4. The Morgan fingerprint density at radius 3 is 2.48 bits per heavy atom. The molecule has 0 radical (unpaired) electrons. The molecule has 122 valence electrons. The van der Waals surface area contributed by atoms with Crippen molar-refractivity contribution in [3.63, 3.8) is 0 Å². The van der Waals surface area contributed by atoms with Gasteiger partial charge in [0.25, 0.3) is 0 Å². The zero-order valence-electron chi connectivity index (χ0n) is 12.9. The predicted octanol–water partition coefficient (Wildman–Crippen LogP) is 3.17. The van der Waals surface area contributed by atoms with Crippen LogP contribution in [0.25, 0.3) is 10.8 Å². The van der Waals surface area contributed by atoms with Crippen LogP contribution in [0.5, 0.6) is 5.75 Å². The average molecular weight is 318 g/mol. The van der Waals surface area contributed by atoms with Gasteiger partial charge < -0.3 is 14.6 Å². The Labute approximate surface area is 133 Å². The summed E-state index contributed by atoms with van der Waals surface area (Å²) in [6.45, 7) is 3.54. The highest BCUT2D eigenvalue weighted by Crippen LogP contribution is 2.35. The number of hydrogen-bond donors (Lipinski definition) is 2. The summed E-state index contributed by atoms with van der Waals surface area (Å²) in [4.78, 5) is 23.9. The molecule has 0 atom stereocenters. The van der Waals surface area contributed by atoms with Crippen LogP contribution in [0.3, 0.4) is 0 Å². The van der Waals surface area contributed by atoms with Gasteiger partial charge in [0, 0.05) is 5.39 Å². The molecule has 0 spiro atoms. The maximum absolute atomic E-state index is 12.2. The van der Waals surface area contributed by atoms with Crippen molar-refractivity contribution in [2.75, 3.05) is 18.2 Å². The second-order valence-corrected chi connectivity index (χ2v) is 4.52. The fraction of sp³-hybridized carbons (Fsp3) is 0.250. The van der Waals surface area contributed by atoms with Gasteiger partial charge in [-0.2, -0.15) is 5.01 Å². The van der Waals surface area contributed by atoms with E-state index >= 15 is 0 Å². The molecule has 0 bridgehead atoms. The lowest BCUT2D eigenvalue weighted by molar-refractivity contribution is 0.138. The number of carbonyl (C=O) groups is 2. The number of hydrogen-bond acceptors (Lipinski definition) is 5. The van der Waals surface area contributed by atoms with E-state index < -0.39 is 12.2 Å². The zero-order chi connectivity index (χ0) is 16.8. The van der Waals surface area contributed by atoms with E-state index in [-0.39, 0.29) is 24.7 Å². The summed E-state index contributed by atoms with van der Waals surface area (Å²) in [6.07, 6.45) is -1.65. The van der Waals surface area contributed by atoms with E-state index in [9.17, 15) is 14.7 Å². The Morgan fingerprint density at radius 1 is 1.09 bits per heavy atom. The van der Waals surface area contributed by atoms with Gasteiger partial charge in [0.15, 0.2) is 0 Å². The lowest BCUT2D eigenvalue weighted by Gasteiger charge is -2.24. The van der Waals surface area contributed by atoms with E-state index in [2.05, 4.69) is 5.43 Å². The van der Waals surface area contributed by atoms with Gasteiger partial charge in [0.05, 0.1) is 13.2 Å². The van der Waals surface area contributed by atoms with Crippen molar-refractivity contribution in [3.8, 4) is 5.75 Å². The van der Waals surface area contributed by atoms with Gasteiger partial charge in [-0.1, -0.05) is 30.3 Å². The number of ether oxygens (including phenoxy) is 2. The van der Waals surface area contributed by atoms with Crippen LogP contribution in [0.2, 0.25) is 0 Å². The van der Waals surface area contributed by atoms with E-state index in [4.69, 9.17) is 9.47 Å². The van der Waals surface area contributed by atoms with Crippen molar-refractivity contribution in [2.24, 2.45) is 0 Å². The molecule has 0 aliphatic carbocycles. The molecular weight excluding hydrogens is 300 g/mol. The molecule has 7 nitrogen and oxygen atoms in total. The Hall–Kier alpha value is -2.96. The minimum absolute atomic E-state index is 0.116. The van der Waals surface area contributed by atoms with Gasteiger partial charge in [-0.3, -0.25) is 0 Å². The molecular formula is C16H18N2O5. The number of aromatic hydroxyl groups is 1. The largest absolute Gasteiger partial charge is 0.506 e. The fourth-order valence-electron chi connectivity index (χ4n) is 2.11. The molecule has 2 aromatic carbocycles. The van der Waals surface area contributed by atoms with Crippen molar-refractivity contribution in [1.82, 2.24) is 5.43 Å². The van der Waals surface area contributed by atoms with Crippen molar-refractivity contribution >= 4 is 28.6 Å². The molecule has 0 aliphatic heterocycles. The number of anilines is 1. The first-order chi connectivity index (χ1) is 11.1. The number of carbonyl (C=O) groups excluding carboxylic acids is 2. The van der Waals surface area contributed by atoms with E-state index in [1.165, 1.54) is 6.07 Å². The summed E-state index contributed by atoms with van der Waals surface area (Å²) in [6, 6.07) is 10.3. The number of hydrazine groups is 1. The molecule has 23 heavy (non-hydrogen) atoms. The minimum atomic E-state index is -0.827. The third-order valence-electron chi connectivity index (χ3n) is 3.03. The molecule has 0 aliphatic rings. The SMILES string of the molecule is CCOC(=O)NN(C(=O)OCC)c1c(O)ccc2ccccc12. The highest BCUT2D eigenvalue weighted by Gasteiger charge is 2.25. The van der Waals surface area contributed by atoms with Crippen LogP contribution in [0, 0.1) is 0 Å². The molecule has 0 aromatic heterocycles. The third kappa shape index (κ3) is 3.63. The van der Waals surface area contributed by atoms with Gasteiger partial charge in [-0.15, -0.1) is 0 Å². The van der Waals surface area contributed by atoms with Crippen LogP contribution in [0.1, 0.15) is 13.8 Å². The van der Waals surface area contributed by atoms with Crippen LogP contribution in [-0.2, 0) is 9.47 Å². The van der Waals surface area contributed by atoms with E-state index in [0.29, 0.717) is 5.39 Å². The highest BCUT2D eigenvalue weighted by molar-refractivity contribution is 6.04. The number of nitrogens with zero attached hydrogens (tertiary/aromatic N) is 1. The Morgan fingerprint density at radius 2 is 1.78 bits per heavy atom. The molecule has 2 amide bonds. The van der Waals surface area contributed by atoms with Gasteiger partial charge in [-0.25, -0.2) is 15.0 Å². The molecule has 7 heteroatoms. The Balaban J connectivity index is 2.52. The van der Waals surface area contributed by atoms with E-state index in [1.807, 2.05) is 12.1 Å². The molecule has 0 heterocycles. The summed E-state index contributed by atoms with van der Waals surface area (Å²) in [5.74, 6) is -0.173. The normalized spacial score (nSPS) is 10.2. The summed E-state index contributed by atoms with van der Waals surface area (Å²) >= 11 is 0. The summed E-state index contributed by atoms with van der Waals surface area (Å²) in [5.41, 5.74) is 2.41. The second-order valence-electron chi connectivity index (χ2n) is 4.52. The Kier molecular flexibility index (Phi) is 5.24. The van der Waals surface area contributed by atoms with Crippen molar-refractivity contribution < 1.29 is 24.2 Å². The standard InChI is InChI=1S/C16H18N2O5/c1-3-22-15(20)17-18(16(21)23-4-2)14-12-8-6-5-7-11(12)9-10-13(14)19/h5-10,19H,3-4H2,1-2H3,(H,17,20). The summed E-state index contributed by atoms with van der Waals surface area (Å²) < 4.78 is 9.74. The number of fused-ring (bicyclic) bond motifs is 1. The van der Waals surface area contributed by atoms with Crippen LogP contribution in [-0.4, -0.2) is 30.5 Å². The summed E-state index contributed by atoms with van der Waals surface area (Å²) in [7, 11) is 0. The lowest BCUT2D eigenvalue weighted by atomic mass is 10.1. The van der Waals surface area contributed by atoms with Crippen molar-refractivity contribution in [3.05, 3.63) is 36.4 Å². The first-order valence-electron chi connectivity index (χ1n) is 7.19. The molecule has 0 saturated heterocycles. The van der Waals surface area contributed by atoms with Gasteiger partial charge >= 0.3 is 12.2 Å². The number of benzene rings is 2. The number of phenolic OH excluding ortho intramolecular Hbond substituents is 1. The van der Waals surface area contributed by atoms with Gasteiger partial charge in [0.2, 0.25) is 0 Å². The monoisotopic (exact) mass is 318 g/mol. The topological polar surface area (TPSA) is 88.1 Å². The highest BCUT2D eigenvalue weighted by atomic mass is 16.6.